The fourth-order valence-electron chi connectivity index (χ4n) is 1.96. The van der Waals surface area contributed by atoms with Gasteiger partial charge in [-0.3, -0.25) is 4.79 Å². The van der Waals surface area contributed by atoms with Crippen LogP contribution in [0.5, 0.6) is 0 Å². The number of hydrogen-bond donors (Lipinski definition) is 3. The van der Waals surface area contributed by atoms with E-state index in [9.17, 15) is 9.59 Å². The molecule has 0 aromatic rings. The van der Waals surface area contributed by atoms with Gasteiger partial charge in [-0.25, -0.2) is 4.79 Å². The first-order valence-electron chi connectivity index (χ1n) is 4.65. The Hall–Kier alpha value is -1.37. The van der Waals surface area contributed by atoms with Gasteiger partial charge in [-0.05, 0) is 25.1 Å². The molecule has 0 bridgehead atoms. The fraction of sp³-hybridized carbons (Fsp3) is 0.625. The highest BCUT2D eigenvalue weighted by Crippen LogP contribution is 2.25. The largest absolute Gasteiger partial charge is 0.465 e. The van der Waals surface area contributed by atoms with Crippen LogP contribution in [0.1, 0.15) is 12.8 Å². The van der Waals surface area contributed by atoms with Crippen molar-refractivity contribution in [2.24, 2.45) is 0 Å². The molecule has 0 aromatic carbocycles. The summed E-state index contributed by atoms with van der Waals surface area (Å²) in [4.78, 5) is 23.6. The van der Waals surface area contributed by atoms with Crippen LogP contribution < -0.4 is 10.6 Å². The Labute approximate surface area is 91.6 Å². The van der Waals surface area contributed by atoms with E-state index in [1.54, 1.807) is 0 Å². The molecule has 2 amide bonds. The highest BCUT2D eigenvalue weighted by atomic mass is 32.1. The molecule has 2 saturated heterocycles. The summed E-state index contributed by atoms with van der Waals surface area (Å²) in [6.07, 6.45) is -0.0119. The number of likely N-dealkylation sites (tertiary alicyclic amines) is 1. The molecule has 0 radical (unpaired) electrons. The van der Waals surface area contributed by atoms with Gasteiger partial charge in [0.1, 0.15) is 5.54 Å². The summed E-state index contributed by atoms with van der Waals surface area (Å²) < 4.78 is 0. The van der Waals surface area contributed by atoms with Crippen LogP contribution in [-0.4, -0.2) is 45.7 Å². The minimum Gasteiger partial charge on any atom is -0.465 e. The molecule has 7 heteroatoms. The predicted octanol–water partition coefficient (Wildman–Crippen LogP) is -0.497. The van der Waals surface area contributed by atoms with E-state index in [0.717, 1.165) is 0 Å². The average Bonchev–Trinajstić information content (AvgIpc) is 2.42. The lowest BCUT2D eigenvalue weighted by molar-refractivity contribution is -0.125. The third-order valence-electron chi connectivity index (χ3n) is 2.90. The molecule has 1 spiro atoms. The number of nitrogens with zero attached hydrogens (tertiary/aromatic N) is 1. The average molecular weight is 229 g/mol. The van der Waals surface area contributed by atoms with Crippen molar-refractivity contribution in [1.29, 1.82) is 0 Å². The number of rotatable bonds is 0. The lowest BCUT2D eigenvalue weighted by Gasteiger charge is -2.35. The highest BCUT2D eigenvalue weighted by Gasteiger charge is 2.47. The van der Waals surface area contributed by atoms with Crippen LogP contribution in [0.25, 0.3) is 0 Å². The van der Waals surface area contributed by atoms with E-state index in [-0.39, 0.29) is 5.91 Å². The second-order valence-electron chi connectivity index (χ2n) is 3.76. The summed E-state index contributed by atoms with van der Waals surface area (Å²) >= 11 is 4.86. The zero-order valence-corrected chi connectivity index (χ0v) is 8.76. The number of hydrogen-bond acceptors (Lipinski definition) is 3. The maximum absolute atomic E-state index is 11.6. The van der Waals surface area contributed by atoms with Gasteiger partial charge in [0.05, 0.1) is 0 Å². The molecular formula is C8H11N3O3S. The normalized spacial score (nSPS) is 23.9. The van der Waals surface area contributed by atoms with Crippen LogP contribution >= 0.6 is 12.2 Å². The Morgan fingerprint density at radius 1 is 1.47 bits per heavy atom. The van der Waals surface area contributed by atoms with E-state index in [1.165, 1.54) is 4.90 Å². The number of amides is 2. The number of carbonyl (C=O) groups excluding carboxylic acids is 1. The SMILES string of the molecule is O=C(O)N1CCC2(CC1)NC(=S)NC2=O. The first kappa shape index (κ1) is 10.2. The molecule has 2 rings (SSSR count). The van der Waals surface area contributed by atoms with Gasteiger partial charge in [-0.15, -0.1) is 0 Å². The van der Waals surface area contributed by atoms with E-state index in [4.69, 9.17) is 17.3 Å². The van der Waals surface area contributed by atoms with Gasteiger partial charge in [-0.1, -0.05) is 0 Å². The molecule has 2 aliphatic heterocycles. The van der Waals surface area contributed by atoms with Crippen LogP contribution in [0.15, 0.2) is 0 Å². The fourth-order valence-corrected chi connectivity index (χ4v) is 2.25. The van der Waals surface area contributed by atoms with Gasteiger partial charge in [0.25, 0.3) is 5.91 Å². The van der Waals surface area contributed by atoms with E-state index < -0.39 is 11.6 Å². The molecule has 2 aliphatic rings. The van der Waals surface area contributed by atoms with Crippen LogP contribution in [0.2, 0.25) is 0 Å². The quantitative estimate of drug-likeness (QED) is 0.488. The Morgan fingerprint density at radius 3 is 2.47 bits per heavy atom. The van der Waals surface area contributed by atoms with Crippen molar-refractivity contribution in [2.45, 2.75) is 18.4 Å². The molecular weight excluding hydrogens is 218 g/mol. The van der Waals surface area contributed by atoms with Crippen LogP contribution in [0, 0.1) is 0 Å². The van der Waals surface area contributed by atoms with Crippen LogP contribution in [-0.2, 0) is 4.79 Å². The van der Waals surface area contributed by atoms with Crippen molar-refractivity contribution < 1.29 is 14.7 Å². The monoisotopic (exact) mass is 229 g/mol. The molecule has 2 heterocycles. The van der Waals surface area contributed by atoms with Gasteiger partial charge in [-0.2, -0.15) is 0 Å². The molecule has 0 atom stereocenters. The van der Waals surface area contributed by atoms with Gasteiger partial charge < -0.3 is 20.6 Å². The molecule has 0 aliphatic carbocycles. The number of nitrogens with one attached hydrogen (secondary N) is 2. The van der Waals surface area contributed by atoms with E-state index in [0.29, 0.717) is 31.0 Å². The lowest BCUT2D eigenvalue weighted by Crippen LogP contribution is -2.55. The lowest BCUT2D eigenvalue weighted by atomic mass is 9.88. The van der Waals surface area contributed by atoms with E-state index >= 15 is 0 Å². The zero-order chi connectivity index (χ0) is 11.1. The van der Waals surface area contributed by atoms with Crippen molar-refractivity contribution in [3.63, 3.8) is 0 Å². The first-order valence-corrected chi connectivity index (χ1v) is 5.06. The van der Waals surface area contributed by atoms with Crippen molar-refractivity contribution in [2.75, 3.05) is 13.1 Å². The van der Waals surface area contributed by atoms with Gasteiger partial charge >= 0.3 is 6.09 Å². The third kappa shape index (κ3) is 1.63. The molecule has 6 nitrogen and oxygen atoms in total. The first-order chi connectivity index (χ1) is 7.03. The molecule has 2 fully saturated rings. The van der Waals surface area contributed by atoms with E-state index in [1.807, 2.05) is 0 Å². The second kappa shape index (κ2) is 3.34. The third-order valence-corrected chi connectivity index (χ3v) is 3.11. The smallest absolute Gasteiger partial charge is 0.407 e. The summed E-state index contributed by atoms with van der Waals surface area (Å²) in [5.74, 6) is -0.141. The number of piperidine rings is 1. The predicted molar refractivity (Wildman–Crippen MR) is 55.4 cm³/mol. The van der Waals surface area contributed by atoms with Gasteiger partial charge in [0, 0.05) is 13.1 Å². The minimum atomic E-state index is -0.939. The number of carboxylic acid groups (broad SMARTS) is 1. The summed E-state index contributed by atoms with van der Waals surface area (Å²) in [6, 6.07) is 0. The second-order valence-corrected chi connectivity index (χ2v) is 4.17. The molecule has 0 aromatic heterocycles. The van der Waals surface area contributed by atoms with Crippen LogP contribution in [0.3, 0.4) is 0 Å². The Kier molecular flexibility index (Phi) is 2.26. The highest BCUT2D eigenvalue weighted by molar-refractivity contribution is 7.80. The van der Waals surface area contributed by atoms with E-state index in [2.05, 4.69) is 10.6 Å². The standard InChI is InChI=1S/C8H11N3O3S/c12-5-8(10-6(15)9-5)1-3-11(4-2-8)7(13)14/h1-4H2,(H,13,14)(H2,9,10,12,15). The summed E-state index contributed by atoms with van der Waals surface area (Å²) in [5.41, 5.74) is -0.678. The summed E-state index contributed by atoms with van der Waals surface area (Å²) in [7, 11) is 0. The molecule has 82 valence electrons. The molecule has 15 heavy (non-hydrogen) atoms. The molecule has 0 unspecified atom stereocenters. The Bertz CT molecular complexity index is 336. The Morgan fingerprint density at radius 2 is 2.07 bits per heavy atom. The number of carbonyl (C=O) groups is 2. The van der Waals surface area contributed by atoms with Crippen molar-refractivity contribution in [1.82, 2.24) is 15.5 Å². The maximum atomic E-state index is 11.6. The van der Waals surface area contributed by atoms with Crippen LogP contribution in [0.4, 0.5) is 4.79 Å². The number of thiocarbonyl (C=S) groups is 1. The Balaban J connectivity index is 2.06. The zero-order valence-electron chi connectivity index (χ0n) is 7.95. The summed E-state index contributed by atoms with van der Waals surface area (Å²) in [5, 5.41) is 14.6. The van der Waals surface area contributed by atoms with Gasteiger partial charge in [0.15, 0.2) is 5.11 Å². The maximum Gasteiger partial charge on any atom is 0.407 e. The topological polar surface area (TPSA) is 81.7 Å². The minimum absolute atomic E-state index is 0.141. The van der Waals surface area contributed by atoms with Crippen molar-refractivity contribution >= 4 is 29.3 Å². The van der Waals surface area contributed by atoms with Crippen molar-refractivity contribution in [3.8, 4) is 0 Å². The molecule has 0 saturated carbocycles. The summed E-state index contributed by atoms with van der Waals surface area (Å²) in [6.45, 7) is 0.719. The van der Waals surface area contributed by atoms with Gasteiger partial charge in [0.2, 0.25) is 0 Å². The van der Waals surface area contributed by atoms with Crippen molar-refractivity contribution in [3.05, 3.63) is 0 Å². The molecule has 3 N–H and O–H groups in total.